The SMILES string of the molecule is COc1ccccc1OCC(O)CO.O=C(O)c1cccnc1. The Morgan fingerprint density at radius 2 is 1.91 bits per heavy atom. The van der Waals surface area contributed by atoms with Gasteiger partial charge in [-0.3, -0.25) is 4.98 Å². The van der Waals surface area contributed by atoms with Crippen LogP contribution in [0, 0.1) is 0 Å². The van der Waals surface area contributed by atoms with Crippen molar-refractivity contribution in [3.8, 4) is 11.5 Å². The van der Waals surface area contributed by atoms with E-state index in [0.29, 0.717) is 11.5 Å². The first-order chi connectivity index (χ1) is 11.1. The molecule has 2 aromatic rings. The highest BCUT2D eigenvalue weighted by Gasteiger charge is 2.06. The Morgan fingerprint density at radius 3 is 2.39 bits per heavy atom. The molecule has 0 aliphatic rings. The van der Waals surface area contributed by atoms with Gasteiger partial charge in [0.05, 0.1) is 19.3 Å². The van der Waals surface area contributed by atoms with Gasteiger partial charge < -0.3 is 24.8 Å². The summed E-state index contributed by atoms with van der Waals surface area (Å²) in [5.41, 5.74) is 0.220. The van der Waals surface area contributed by atoms with Crippen molar-refractivity contribution in [2.75, 3.05) is 20.3 Å². The molecule has 1 aromatic carbocycles. The number of benzene rings is 1. The van der Waals surface area contributed by atoms with Gasteiger partial charge in [0.15, 0.2) is 11.5 Å². The van der Waals surface area contributed by atoms with Gasteiger partial charge in [0, 0.05) is 12.4 Å². The number of pyridine rings is 1. The van der Waals surface area contributed by atoms with Crippen LogP contribution in [0.5, 0.6) is 11.5 Å². The van der Waals surface area contributed by atoms with Crippen LogP contribution in [-0.4, -0.2) is 52.7 Å². The van der Waals surface area contributed by atoms with Gasteiger partial charge in [0.25, 0.3) is 0 Å². The van der Waals surface area contributed by atoms with Crippen LogP contribution in [0.1, 0.15) is 10.4 Å². The number of carboxylic acids is 1. The van der Waals surface area contributed by atoms with Gasteiger partial charge in [-0.15, -0.1) is 0 Å². The normalized spacial score (nSPS) is 10.9. The Morgan fingerprint density at radius 1 is 1.22 bits per heavy atom. The lowest BCUT2D eigenvalue weighted by molar-refractivity contribution is 0.0527. The van der Waals surface area contributed by atoms with E-state index in [4.69, 9.17) is 24.8 Å². The maximum absolute atomic E-state index is 10.2. The van der Waals surface area contributed by atoms with E-state index in [1.54, 1.807) is 25.3 Å². The summed E-state index contributed by atoms with van der Waals surface area (Å²) in [6.07, 6.45) is 1.98. The molecule has 2 rings (SSSR count). The van der Waals surface area contributed by atoms with Gasteiger partial charge >= 0.3 is 5.97 Å². The maximum Gasteiger partial charge on any atom is 0.337 e. The molecule has 0 amide bonds. The molecule has 0 radical (unpaired) electrons. The zero-order valence-corrected chi connectivity index (χ0v) is 12.6. The molecule has 124 valence electrons. The van der Waals surface area contributed by atoms with E-state index in [0.717, 1.165) is 0 Å². The Balaban J connectivity index is 0.000000253. The second kappa shape index (κ2) is 10.1. The number of aliphatic hydroxyl groups is 2. The summed E-state index contributed by atoms with van der Waals surface area (Å²) in [4.78, 5) is 13.8. The molecule has 1 heterocycles. The Labute approximate surface area is 133 Å². The standard InChI is InChI=1S/C10H14O4.C6H5NO2/c1-13-9-4-2-3-5-10(9)14-7-8(12)6-11;8-6(9)5-2-1-3-7-4-5/h2-5,8,11-12H,6-7H2,1H3;1-4H,(H,8,9). The quantitative estimate of drug-likeness (QED) is 0.733. The summed E-state index contributed by atoms with van der Waals surface area (Å²) in [7, 11) is 1.55. The van der Waals surface area contributed by atoms with E-state index in [9.17, 15) is 4.79 Å². The molecule has 1 aromatic heterocycles. The van der Waals surface area contributed by atoms with Crippen molar-refractivity contribution in [1.29, 1.82) is 0 Å². The highest BCUT2D eigenvalue weighted by atomic mass is 16.5. The second-order valence-corrected chi connectivity index (χ2v) is 4.35. The lowest BCUT2D eigenvalue weighted by Crippen LogP contribution is -2.21. The molecule has 0 fully saturated rings. The number of aromatic carboxylic acids is 1. The summed E-state index contributed by atoms with van der Waals surface area (Å²) >= 11 is 0. The minimum absolute atomic E-state index is 0.0525. The molecular weight excluding hydrogens is 302 g/mol. The topological polar surface area (TPSA) is 109 Å². The largest absolute Gasteiger partial charge is 0.493 e. The predicted molar refractivity (Wildman–Crippen MR) is 82.8 cm³/mol. The van der Waals surface area contributed by atoms with E-state index >= 15 is 0 Å². The van der Waals surface area contributed by atoms with Crippen LogP contribution in [-0.2, 0) is 0 Å². The monoisotopic (exact) mass is 321 g/mol. The minimum atomic E-state index is -0.942. The summed E-state index contributed by atoms with van der Waals surface area (Å²) in [6, 6.07) is 10.2. The highest BCUT2D eigenvalue weighted by Crippen LogP contribution is 2.25. The molecule has 7 heteroatoms. The number of para-hydroxylation sites is 2. The van der Waals surface area contributed by atoms with E-state index < -0.39 is 12.1 Å². The summed E-state index contributed by atoms with van der Waals surface area (Å²) in [5.74, 6) is 0.225. The number of ether oxygens (including phenoxy) is 2. The van der Waals surface area contributed by atoms with Crippen LogP contribution in [0.25, 0.3) is 0 Å². The molecule has 1 unspecified atom stereocenters. The average Bonchev–Trinajstić information content (AvgIpc) is 2.61. The van der Waals surface area contributed by atoms with Crippen molar-refractivity contribution < 1.29 is 29.6 Å². The number of rotatable bonds is 6. The fourth-order valence-corrected chi connectivity index (χ4v) is 1.47. The van der Waals surface area contributed by atoms with E-state index in [1.165, 1.54) is 18.5 Å². The number of aromatic nitrogens is 1. The van der Waals surface area contributed by atoms with Crippen molar-refractivity contribution >= 4 is 5.97 Å². The number of hydrogen-bond donors (Lipinski definition) is 3. The molecule has 23 heavy (non-hydrogen) atoms. The Hall–Kier alpha value is -2.64. The summed E-state index contributed by atoms with van der Waals surface area (Å²) in [6.45, 7) is -0.258. The third-order valence-electron chi connectivity index (χ3n) is 2.62. The predicted octanol–water partition coefficient (Wildman–Crippen LogP) is 1.21. The first-order valence-electron chi connectivity index (χ1n) is 6.76. The van der Waals surface area contributed by atoms with Crippen LogP contribution in [0.4, 0.5) is 0 Å². The smallest absolute Gasteiger partial charge is 0.337 e. The number of nitrogens with zero attached hydrogens (tertiary/aromatic N) is 1. The van der Waals surface area contributed by atoms with Crippen molar-refractivity contribution in [2.24, 2.45) is 0 Å². The number of methoxy groups -OCH3 is 1. The summed E-state index contributed by atoms with van der Waals surface area (Å²) in [5, 5.41) is 26.0. The van der Waals surface area contributed by atoms with Crippen molar-refractivity contribution in [2.45, 2.75) is 6.10 Å². The molecule has 0 saturated carbocycles. The average molecular weight is 321 g/mol. The zero-order chi connectivity index (χ0) is 17.1. The summed E-state index contributed by atoms with van der Waals surface area (Å²) < 4.78 is 10.3. The fraction of sp³-hybridized carbons (Fsp3) is 0.250. The van der Waals surface area contributed by atoms with Crippen molar-refractivity contribution in [3.05, 3.63) is 54.4 Å². The lowest BCUT2D eigenvalue weighted by atomic mass is 10.3. The molecule has 0 spiro atoms. The van der Waals surface area contributed by atoms with E-state index in [1.807, 2.05) is 12.1 Å². The fourth-order valence-electron chi connectivity index (χ4n) is 1.47. The number of carboxylic acid groups (broad SMARTS) is 1. The van der Waals surface area contributed by atoms with E-state index in [2.05, 4.69) is 4.98 Å². The number of carbonyl (C=O) groups is 1. The van der Waals surface area contributed by atoms with Gasteiger partial charge in [-0.05, 0) is 24.3 Å². The molecular formula is C16H19NO6. The molecule has 7 nitrogen and oxygen atoms in total. The van der Waals surface area contributed by atoms with Gasteiger partial charge in [0.1, 0.15) is 12.7 Å². The van der Waals surface area contributed by atoms with Gasteiger partial charge in [-0.25, -0.2) is 4.79 Å². The van der Waals surface area contributed by atoms with Gasteiger partial charge in [-0.1, -0.05) is 12.1 Å². The van der Waals surface area contributed by atoms with Crippen LogP contribution < -0.4 is 9.47 Å². The first-order valence-corrected chi connectivity index (χ1v) is 6.76. The van der Waals surface area contributed by atoms with Crippen LogP contribution in [0.2, 0.25) is 0 Å². The number of aliphatic hydroxyl groups excluding tert-OH is 2. The first kappa shape index (κ1) is 18.4. The second-order valence-electron chi connectivity index (χ2n) is 4.35. The molecule has 0 saturated heterocycles. The van der Waals surface area contributed by atoms with Crippen LogP contribution in [0.15, 0.2) is 48.8 Å². The molecule has 1 atom stereocenters. The Bertz CT molecular complexity index is 590. The third-order valence-corrected chi connectivity index (χ3v) is 2.62. The molecule has 0 bridgehead atoms. The van der Waals surface area contributed by atoms with Gasteiger partial charge in [-0.2, -0.15) is 0 Å². The molecule has 3 N–H and O–H groups in total. The lowest BCUT2D eigenvalue weighted by Gasteiger charge is -2.12. The zero-order valence-electron chi connectivity index (χ0n) is 12.6. The Kier molecular flexibility index (Phi) is 8.12. The van der Waals surface area contributed by atoms with Crippen molar-refractivity contribution in [1.82, 2.24) is 4.98 Å². The van der Waals surface area contributed by atoms with Gasteiger partial charge in [0.2, 0.25) is 0 Å². The van der Waals surface area contributed by atoms with Crippen LogP contribution in [0.3, 0.4) is 0 Å². The third kappa shape index (κ3) is 6.77. The maximum atomic E-state index is 10.2. The number of hydrogen-bond acceptors (Lipinski definition) is 6. The molecule has 0 aliphatic carbocycles. The molecule has 0 aliphatic heterocycles. The minimum Gasteiger partial charge on any atom is -0.493 e. The highest BCUT2D eigenvalue weighted by molar-refractivity contribution is 5.86. The van der Waals surface area contributed by atoms with Crippen LogP contribution >= 0.6 is 0 Å². The van der Waals surface area contributed by atoms with Crippen molar-refractivity contribution in [3.63, 3.8) is 0 Å². The van der Waals surface area contributed by atoms with E-state index in [-0.39, 0.29) is 18.8 Å².